The molecule has 0 saturated carbocycles. The highest BCUT2D eigenvalue weighted by Crippen LogP contribution is 2.21. The summed E-state index contributed by atoms with van der Waals surface area (Å²) in [7, 11) is 1.83. The fraction of sp³-hybridized carbons (Fsp3) is 0.440. The second kappa shape index (κ2) is 10.3. The number of anilines is 1. The number of carbonyl (C=O) groups is 2. The number of likely N-dealkylation sites (N-methyl/N-ethyl adjacent to an activating group) is 1. The van der Waals surface area contributed by atoms with Gasteiger partial charge in [0.05, 0.1) is 19.1 Å². The summed E-state index contributed by atoms with van der Waals surface area (Å²) in [6.07, 6.45) is 3.31. The lowest BCUT2D eigenvalue weighted by atomic mass is 10.1. The number of carbonyl (C=O) groups excluding carboxylic acids is 2. The van der Waals surface area contributed by atoms with Crippen molar-refractivity contribution in [3.63, 3.8) is 0 Å². The van der Waals surface area contributed by atoms with Crippen molar-refractivity contribution in [1.29, 1.82) is 0 Å². The number of nitrogens with zero attached hydrogens (tertiary/aromatic N) is 3. The zero-order chi connectivity index (χ0) is 21.5. The van der Waals surface area contributed by atoms with E-state index < -0.39 is 0 Å². The Labute approximate surface area is 180 Å². The maximum absolute atomic E-state index is 13.1. The summed E-state index contributed by atoms with van der Waals surface area (Å²) >= 11 is 0. The van der Waals surface area contributed by atoms with Crippen LogP contribution >= 0.6 is 0 Å². The minimum Gasteiger partial charge on any atom is -0.353 e. The first kappa shape index (κ1) is 21.9. The highest BCUT2D eigenvalue weighted by molar-refractivity contribution is 5.86. The first-order valence-electron chi connectivity index (χ1n) is 10.9. The van der Waals surface area contributed by atoms with Gasteiger partial charge in [-0.25, -0.2) is 0 Å². The molecule has 5 heteroatoms. The lowest BCUT2D eigenvalue weighted by Gasteiger charge is -2.32. The van der Waals surface area contributed by atoms with E-state index in [0.29, 0.717) is 0 Å². The Kier molecular flexibility index (Phi) is 7.50. The Hall–Kier alpha value is -2.82. The quantitative estimate of drug-likeness (QED) is 0.696. The average Bonchev–Trinajstić information content (AvgIpc) is 2.79. The molecule has 0 spiro atoms. The van der Waals surface area contributed by atoms with E-state index in [0.717, 1.165) is 42.7 Å². The number of amides is 2. The Bertz CT molecular complexity index is 829. The van der Waals surface area contributed by atoms with Crippen LogP contribution in [0.3, 0.4) is 0 Å². The van der Waals surface area contributed by atoms with Crippen molar-refractivity contribution < 1.29 is 9.59 Å². The third-order valence-corrected chi connectivity index (χ3v) is 6.02. The van der Waals surface area contributed by atoms with Gasteiger partial charge in [-0.3, -0.25) is 9.59 Å². The third-order valence-electron chi connectivity index (χ3n) is 6.02. The number of piperidine rings is 1. The molecule has 1 unspecified atom stereocenters. The van der Waals surface area contributed by atoms with Crippen LogP contribution in [0, 0.1) is 6.92 Å². The molecular formula is C25H33N3O2. The maximum Gasteiger partial charge on any atom is 0.242 e. The van der Waals surface area contributed by atoms with Gasteiger partial charge in [0.25, 0.3) is 0 Å². The molecule has 1 atom stereocenters. The maximum atomic E-state index is 13.1. The van der Waals surface area contributed by atoms with E-state index >= 15 is 0 Å². The van der Waals surface area contributed by atoms with Gasteiger partial charge < -0.3 is 14.7 Å². The van der Waals surface area contributed by atoms with Gasteiger partial charge in [0.2, 0.25) is 11.8 Å². The molecule has 3 rings (SSSR count). The van der Waals surface area contributed by atoms with Crippen molar-refractivity contribution in [3.05, 3.63) is 65.7 Å². The minimum absolute atomic E-state index is 0.00151. The number of hydrogen-bond acceptors (Lipinski definition) is 3. The second-order valence-electron chi connectivity index (χ2n) is 8.22. The number of likely N-dealkylation sites (tertiary alicyclic amines) is 1. The van der Waals surface area contributed by atoms with Gasteiger partial charge >= 0.3 is 0 Å². The van der Waals surface area contributed by atoms with Gasteiger partial charge in [0, 0.05) is 25.8 Å². The average molecular weight is 408 g/mol. The van der Waals surface area contributed by atoms with E-state index in [2.05, 4.69) is 0 Å². The summed E-state index contributed by atoms with van der Waals surface area (Å²) in [5.74, 6) is 0.0974. The lowest BCUT2D eigenvalue weighted by Crippen LogP contribution is -2.46. The molecule has 1 aliphatic heterocycles. The number of benzene rings is 2. The van der Waals surface area contributed by atoms with Gasteiger partial charge in [-0.2, -0.15) is 0 Å². The summed E-state index contributed by atoms with van der Waals surface area (Å²) in [5, 5.41) is 0. The van der Waals surface area contributed by atoms with Crippen LogP contribution in [-0.2, 0) is 9.59 Å². The zero-order valence-corrected chi connectivity index (χ0v) is 18.4. The molecule has 2 amide bonds. The van der Waals surface area contributed by atoms with Crippen molar-refractivity contribution in [3.8, 4) is 0 Å². The van der Waals surface area contributed by atoms with E-state index in [1.54, 1.807) is 4.90 Å². The second-order valence-corrected chi connectivity index (χ2v) is 8.22. The van der Waals surface area contributed by atoms with Crippen molar-refractivity contribution in [2.24, 2.45) is 0 Å². The lowest BCUT2D eigenvalue weighted by molar-refractivity contribution is -0.131. The Morgan fingerprint density at radius 1 is 0.933 bits per heavy atom. The molecule has 1 aliphatic rings. The van der Waals surface area contributed by atoms with Crippen LogP contribution in [0.15, 0.2) is 54.6 Å². The first-order chi connectivity index (χ1) is 14.5. The Morgan fingerprint density at radius 3 is 2.20 bits per heavy atom. The predicted molar refractivity (Wildman–Crippen MR) is 121 cm³/mol. The molecule has 160 valence electrons. The van der Waals surface area contributed by atoms with Crippen LogP contribution in [0.1, 0.15) is 43.4 Å². The highest BCUT2D eigenvalue weighted by atomic mass is 16.2. The Morgan fingerprint density at radius 2 is 1.57 bits per heavy atom. The third kappa shape index (κ3) is 5.62. The topological polar surface area (TPSA) is 43.9 Å². The monoisotopic (exact) mass is 407 g/mol. The van der Waals surface area contributed by atoms with Gasteiger partial charge in [-0.15, -0.1) is 0 Å². The minimum atomic E-state index is -0.0311. The van der Waals surface area contributed by atoms with Crippen molar-refractivity contribution in [2.75, 3.05) is 38.1 Å². The van der Waals surface area contributed by atoms with Gasteiger partial charge in [-0.1, -0.05) is 48.0 Å². The Balaban J connectivity index is 1.73. The molecule has 1 fully saturated rings. The fourth-order valence-corrected chi connectivity index (χ4v) is 3.85. The molecule has 2 aromatic rings. The van der Waals surface area contributed by atoms with E-state index in [9.17, 15) is 9.59 Å². The van der Waals surface area contributed by atoms with E-state index in [4.69, 9.17) is 0 Å². The van der Waals surface area contributed by atoms with Crippen molar-refractivity contribution >= 4 is 17.5 Å². The molecule has 1 saturated heterocycles. The van der Waals surface area contributed by atoms with Crippen LogP contribution in [0.4, 0.5) is 5.69 Å². The number of hydrogen-bond donors (Lipinski definition) is 0. The highest BCUT2D eigenvalue weighted by Gasteiger charge is 2.24. The standard InChI is InChI=1S/C25H33N3O2/c1-20-12-14-23(15-13-20)28(19-25(30)27-16-8-5-9-17-27)18-24(29)26(3)21(2)22-10-6-4-7-11-22/h4,6-7,10-15,21H,5,8-9,16-19H2,1-3H3. The van der Waals surface area contributed by atoms with Crippen LogP contribution in [0.25, 0.3) is 0 Å². The number of aryl methyl sites for hydroxylation is 1. The summed E-state index contributed by atoms with van der Waals surface area (Å²) in [5.41, 5.74) is 3.15. The van der Waals surface area contributed by atoms with Crippen LogP contribution in [0.5, 0.6) is 0 Å². The van der Waals surface area contributed by atoms with Crippen molar-refractivity contribution in [1.82, 2.24) is 9.80 Å². The molecular weight excluding hydrogens is 374 g/mol. The molecule has 0 aliphatic carbocycles. The SMILES string of the molecule is Cc1ccc(N(CC(=O)N2CCCCC2)CC(=O)N(C)C(C)c2ccccc2)cc1. The fourth-order valence-electron chi connectivity index (χ4n) is 3.85. The molecule has 0 radical (unpaired) electrons. The van der Waals surface area contributed by atoms with Crippen molar-refractivity contribution in [2.45, 2.75) is 39.2 Å². The van der Waals surface area contributed by atoms with E-state index in [1.807, 2.05) is 85.3 Å². The smallest absolute Gasteiger partial charge is 0.242 e. The van der Waals surface area contributed by atoms with E-state index in [1.165, 1.54) is 6.42 Å². The predicted octanol–water partition coefficient (Wildman–Crippen LogP) is 4.03. The summed E-state index contributed by atoms with van der Waals surface area (Å²) in [6.45, 7) is 6.10. The van der Waals surface area contributed by atoms with Gasteiger partial charge in [-0.05, 0) is 50.8 Å². The summed E-state index contributed by atoms with van der Waals surface area (Å²) in [4.78, 5) is 31.7. The molecule has 30 heavy (non-hydrogen) atoms. The van der Waals surface area contributed by atoms with E-state index in [-0.39, 0.29) is 30.9 Å². The summed E-state index contributed by atoms with van der Waals surface area (Å²) in [6, 6.07) is 18.0. The van der Waals surface area contributed by atoms with Crippen LogP contribution in [-0.4, -0.2) is 54.8 Å². The number of rotatable bonds is 7. The van der Waals surface area contributed by atoms with Crippen LogP contribution < -0.4 is 4.90 Å². The zero-order valence-electron chi connectivity index (χ0n) is 18.4. The van der Waals surface area contributed by atoms with Gasteiger partial charge in [0.1, 0.15) is 0 Å². The summed E-state index contributed by atoms with van der Waals surface area (Å²) < 4.78 is 0. The first-order valence-corrected chi connectivity index (χ1v) is 10.9. The van der Waals surface area contributed by atoms with Crippen LogP contribution in [0.2, 0.25) is 0 Å². The largest absolute Gasteiger partial charge is 0.353 e. The molecule has 1 heterocycles. The molecule has 5 nitrogen and oxygen atoms in total. The molecule has 2 aromatic carbocycles. The van der Waals surface area contributed by atoms with Gasteiger partial charge in [0.15, 0.2) is 0 Å². The molecule has 0 N–H and O–H groups in total. The molecule has 0 bridgehead atoms. The molecule has 0 aromatic heterocycles. The normalized spacial score (nSPS) is 14.8.